The molecule has 0 aliphatic heterocycles. The van der Waals surface area contributed by atoms with Gasteiger partial charge in [-0.3, -0.25) is 16.0 Å². The number of rotatable bonds is 5. The van der Waals surface area contributed by atoms with Gasteiger partial charge in [-0.1, -0.05) is 43.2 Å². The van der Waals surface area contributed by atoms with E-state index in [0.29, 0.717) is 0 Å². The van der Waals surface area contributed by atoms with E-state index in [9.17, 15) is 0 Å². The summed E-state index contributed by atoms with van der Waals surface area (Å²) in [5, 5.41) is 4.16. The van der Waals surface area contributed by atoms with Gasteiger partial charge in [0.15, 0.2) is 0 Å². The number of aromatic nitrogens is 3. The van der Waals surface area contributed by atoms with Crippen LogP contribution in [-0.2, 0) is 18.9 Å². The molecule has 3 rings (SSSR count). The Kier molecular flexibility index (Phi) is 4.03. The molecule has 0 radical (unpaired) electrons. The predicted octanol–water partition coefficient (Wildman–Crippen LogP) is 1.70. The molecule has 3 N–H and O–H groups in total. The van der Waals surface area contributed by atoms with Crippen LogP contribution < -0.4 is 11.3 Å². The molecule has 0 saturated heterocycles. The third-order valence-corrected chi connectivity index (χ3v) is 4.90. The lowest BCUT2D eigenvalue weighted by Crippen LogP contribution is -2.51. The summed E-state index contributed by atoms with van der Waals surface area (Å²) in [4.78, 5) is 4.36. The van der Waals surface area contributed by atoms with Crippen molar-refractivity contribution in [2.45, 2.75) is 43.6 Å². The van der Waals surface area contributed by atoms with Crippen LogP contribution in [0, 0.1) is 0 Å². The molecular formula is C16H23N5. The van der Waals surface area contributed by atoms with Crippen LogP contribution in [0.15, 0.2) is 36.7 Å². The molecule has 5 nitrogen and oxygen atoms in total. The van der Waals surface area contributed by atoms with E-state index in [1.54, 1.807) is 6.33 Å². The summed E-state index contributed by atoms with van der Waals surface area (Å²) in [7, 11) is 1.93. The molecule has 1 unspecified atom stereocenters. The van der Waals surface area contributed by atoms with Crippen LogP contribution in [0.5, 0.6) is 0 Å². The Labute approximate surface area is 125 Å². The highest BCUT2D eigenvalue weighted by atomic mass is 15.3. The van der Waals surface area contributed by atoms with Crippen LogP contribution >= 0.6 is 0 Å². The van der Waals surface area contributed by atoms with E-state index < -0.39 is 0 Å². The maximum absolute atomic E-state index is 5.93. The maximum atomic E-state index is 5.93. The van der Waals surface area contributed by atoms with Gasteiger partial charge < -0.3 is 0 Å². The molecule has 5 heteroatoms. The molecule has 1 atom stereocenters. The Hall–Kier alpha value is -1.72. The zero-order valence-corrected chi connectivity index (χ0v) is 12.5. The molecule has 112 valence electrons. The smallest absolute Gasteiger partial charge is 0.138 e. The largest absolute Gasteiger partial charge is 0.271 e. The standard InChI is InChI=1S/C16H23N5/c1-21-15(18-12-19-21)11-14(20-17)16(9-5-6-10-16)13-7-3-2-4-8-13/h2-4,7-8,12,14,20H,5-6,9-11,17H2,1H3. The topological polar surface area (TPSA) is 68.8 Å². The summed E-state index contributed by atoms with van der Waals surface area (Å²) >= 11 is 0. The average molecular weight is 285 g/mol. The number of nitrogens with zero attached hydrogens (tertiary/aromatic N) is 3. The van der Waals surface area contributed by atoms with Crippen molar-refractivity contribution < 1.29 is 0 Å². The zero-order valence-electron chi connectivity index (χ0n) is 12.5. The monoisotopic (exact) mass is 285 g/mol. The van der Waals surface area contributed by atoms with Crippen molar-refractivity contribution in [1.29, 1.82) is 0 Å². The fourth-order valence-corrected chi connectivity index (χ4v) is 3.72. The first-order valence-corrected chi connectivity index (χ1v) is 7.61. The van der Waals surface area contributed by atoms with Gasteiger partial charge in [-0.15, -0.1) is 0 Å². The molecular weight excluding hydrogens is 262 g/mol. The van der Waals surface area contributed by atoms with Gasteiger partial charge in [0.05, 0.1) is 0 Å². The van der Waals surface area contributed by atoms with Gasteiger partial charge in [0.25, 0.3) is 0 Å². The van der Waals surface area contributed by atoms with Gasteiger partial charge in [-0.2, -0.15) is 5.10 Å². The van der Waals surface area contributed by atoms with Crippen molar-refractivity contribution in [1.82, 2.24) is 20.2 Å². The van der Waals surface area contributed by atoms with Crippen LogP contribution in [0.25, 0.3) is 0 Å². The Morgan fingerprint density at radius 2 is 2.00 bits per heavy atom. The number of nitrogens with two attached hydrogens (primary N) is 1. The Morgan fingerprint density at radius 1 is 1.29 bits per heavy atom. The van der Waals surface area contributed by atoms with E-state index in [1.807, 2.05) is 11.7 Å². The molecule has 1 aliphatic rings. The lowest BCUT2D eigenvalue weighted by Gasteiger charge is -2.37. The minimum Gasteiger partial charge on any atom is -0.271 e. The summed E-state index contributed by atoms with van der Waals surface area (Å²) in [5.41, 5.74) is 4.55. The van der Waals surface area contributed by atoms with E-state index in [4.69, 9.17) is 5.84 Å². The number of hydrazine groups is 1. The highest BCUT2D eigenvalue weighted by Gasteiger charge is 2.42. The second-order valence-electron chi connectivity index (χ2n) is 5.95. The third-order valence-electron chi connectivity index (χ3n) is 4.90. The third kappa shape index (κ3) is 2.59. The highest BCUT2D eigenvalue weighted by molar-refractivity contribution is 5.29. The summed E-state index contributed by atoms with van der Waals surface area (Å²) < 4.78 is 1.83. The molecule has 2 aromatic rings. The summed E-state index contributed by atoms with van der Waals surface area (Å²) in [6, 6.07) is 10.9. The van der Waals surface area contributed by atoms with Crippen LogP contribution in [0.4, 0.5) is 0 Å². The fraction of sp³-hybridized carbons (Fsp3) is 0.500. The van der Waals surface area contributed by atoms with Crippen molar-refractivity contribution in [2.75, 3.05) is 0 Å². The van der Waals surface area contributed by atoms with Gasteiger partial charge in [-0.05, 0) is 18.4 Å². The molecule has 1 aliphatic carbocycles. The minimum absolute atomic E-state index is 0.0992. The van der Waals surface area contributed by atoms with Gasteiger partial charge in [0.2, 0.25) is 0 Å². The molecule has 0 amide bonds. The summed E-state index contributed by atoms with van der Waals surface area (Å²) in [6.45, 7) is 0. The second-order valence-corrected chi connectivity index (χ2v) is 5.95. The van der Waals surface area contributed by atoms with Crippen LogP contribution in [0.3, 0.4) is 0 Å². The number of nitrogens with one attached hydrogen (secondary N) is 1. The van der Waals surface area contributed by atoms with Gasteiger partial charge in [0, 0.05) is 24.9 Å². The Morgan fingerprint density at radius 3 is 2.57 bits per heavy atom. The van der Waals surface area contributed by atoms with Gasteiger partial charge in [-0.25, -0.2) is 4.98 Å². The molecule has 21 heavy (non-hydrogen) atoms. The van der Waals surface area contributed by atoms with Crippen molar-refractivity contribution in [2.24, 2.45) is 12.9 Å². The zero-order chi connectivity index (χ0) is 14.7. The first kappa shape index (κ1) is 14.2. The van der Waals surface area contributed by atoms with E-state index in [0.717, 1.165) is 12.2 Å². The summed E-state index contributed by atoms with van der Waals surface area (Å²) in [6.07, 6.45) is 7.25. The lowest BCUT2D eigenvalue weighted by atomic mass is 9.71. The number of aryl methyl sites for hydroxylation is 1. The highest BCUT2D eigenvalue weighted by Crippen LogP contribution is 2.44. The molecule has 1 heterocycles. The van der Waals surface area contributed by atoms with Crippen LogP contribution in [0.1, 0.15) is 37.1 Å². The van der Waals surface area contributed by atoms with Crippen molar-refractivity contribution in [3.63, 3.8) is 0 Å². The normalized spacial score (nSPS) is 18.8. The fourth-order valence-electron chi connectivity index (χ4n) is 3.72. The van der Waals surface area contributed by atoms with E-state index >= 15 is 0 Å². The Balaban J connectivity index is 1.93. The summed E-state index contributed by atoms with van der Waals surface area (Å²) in [5.74, 6) is 6.91. The first-order valence-electron chi connectivity index (χ1n) is 7.61. The second kappa shape index (κ2) is 5.95. The number of benzene rings is 1. The van der Waals surface area contributed by atoms with E-state index in [-0.39, 0.29) is 11.5 Å². The van der Waals surface area contributed by atoms with Crippen molar-refractivity contribution in [3.05, 3.63) is 48.0 Å². The van der Waals surface area contributed by atoms with Crippen LogP contribution in [0.2, 0.25) is 0 Å². The van der Waals surface area contributed by atoms with Gasteiger partial charge >= 0.3 is 0 Å². The number of hydrogen-bond acceptors (Lipinski definition) is 4. The molecule has 1 saturated carbocycles. The molecule has 1 aromatic heterocycles. The van der Waals surface area contributed by atoms with E-state index in [1.165, 1.54) is 31.2 Å². The molecule has 0 bridgehead atoms. The SMILES string of the molecule is Cn1ncnc1CC(NN)C1(c2ccccc2)CCCC1. The predicted molar refractivity (Wildman–Crippen MR) is 82.4 cm³/mol. The minimum atomic E-state index is 0.0992. The number of hydrogen-bond donors (Lipinski definition) is 2. The first-order chi connectivity index (χ1) is 10.3. The average Bonchev–Trinajstić information content (AvgIpc) is 3.16. The lowest BCUT2D eigenvalue weighted by molar-refractivity contribution is 0.290. The molecule has 1 aromatic carbocycles. The van der Waals surface area contributed by atoms with Crippen molar-refractivity contribution in [3.8, 4) is 0 Å². The Bertz CT molecular complexity index is 571. The van der Waals surface area contributed by atoms with Gasteiger partial charge in [0.1, 0.15) is 12.2 Å². The maximum Gasteiger partial charge on any atom is 0.138 e. The van der Waals surface area contributed by atoms with Crippen LogP contribution in [-0.4, -0.2) is 20.8 Å². The van der Waals surface area contributed by atoms with Crippen molar-refractivity contribution >= 4 is 0 Å². The molecule has 1 fully saturated rings. The van der Waals surface area contributed by atoms with E-state index in [2.05, 4.69) is 45.8 Å². The molecule has 0 spiro atoms. The quantitative estimate of drug-likeness (QED) is 0.648.